The summed E-state index contributed by atoms with van der Waals surface area (Å²) in [5.74, 6) is 0.732. The van der Waals surface area contributed by atoms with E-state index >= 15 is 0 Å². The van der Waals surface area contributed by atoms with Crippen molar-refractivity contribution in [3.8, 4) is 11.3 Å². The summed E-state index contributed by atoms with van der Waals surface area (Å²) in [7, 11) is 2.03. The van der Waals surface area contributed by atoms with E-state index in [4.69, 9.17) is 21.1 Å². The van der Waals surface area contributed by atoms with Crippen LogP contribution in [0.25, 0.3) is 11.3 Å². The van der Waals surface area contributed by atoms with Crippen LogP contribution in [0.5, 0.6) is 0 Å². The summed E-state index contributed by atoms with van der Waals surface area (Å²) in [6.07, 6.45) is 4.47. The Balaban J connectivity index is 1.71. The van der Waals surface area contributed by atoms with Gasteiger partial charge in [0.15, 0.2) is 10.9 Å². The molecule has 0 unspecified atom stereocenters. The maximum atomic E-state index is 6.01. The van der Waals surface area contributed by atoms with Gasteiger partial charge in [0.2, 0.25) is 0 Å². The maximum Gasteiger partial charge on any atom is 0.167 e. The molecular formula is C16H18ClN3OS. The van der Waals surface area contributed by atoms with Crippen LogP contribution in [-0.2, 0) is 6.54 Å². The number of thioether (sulfide) groups is 1. The average molecular weight is 336 g/mol. The molecule has 0 N–H and O–H groups in total. The van der Waals surface area contributed by atoms with Crippen LogP contribution in [0, 0.1) is 0 Å². The molecule has 1 aliphatic carbocycles. The summed E-state index contributed by atoms with van der Waals surface area (Å²) in [6, 6.07) is 10.1. The first-order valence-electron chi connectivity index (χ1n) is 7.20. The second kappa shape index (κ2) is 6.75. The van der Waals surface area contributed by atoms with Crippen molar-refractivity contribution in [1.82, 2.24) is 10.1 Å². The summed E-state index contributed by atoms with van der Waals surface area (Å²) in [6.45, 7) is 0.677. The molecule has 0 bridgehead atoms. The van der Waals surface area contributed by atoms with Crippen LogP contribution >= 0.6 is 23.4 Å². The number of benzene rings is 1. The van der Waals surface area contributed by atoms with E-state index in [2.05, 4.69) is 16.3 Å². The first-order chi connectivity index (χ1) is 10.7. The third-order valence-electron chi connectivity index (χ3n) is 3.42. The van der Waals surface area contributed by atoms with Crippen molar-refractivity contribution >= 4 is 28.5 Å². The van der Waals surface area contributed by atoms with Crippen molar-refractivity contribution in [2.75, 3.05) is 13.3 Å². The van der Waals surface area contributed by atoms with E-state index in [1.807, 2.05) is 37.4 Å². The molecule has 1 heterocycles. The predicted molar refractivity (Wildman–Crippen MR) is 92.4 cm³/mol. The Bertz CT molecular complexity index is 682. The second-order valence-corrected chi connectivity index (χ2v) is 6.61. The van der Waals surface area contributed by atoms with Gasteiger partial charge < -0.3 is 9.42 Å². The number of hydrogen-bond acceptors (Lipinski definition) is 4. The van der Waals surface area contributed by atoms with Crippen molar-refractivity contribution in [2.24, 2.45) is 4.99 Å². The number of nitrogens with zero attached hydrogens (tertiary/aromatic N) is 3. The van der Waals surface area contributed by atoms with E-state index in [-0.39, 0.29) is 0 Å². The van der Waals surface area contributed by atoms with Crippen LogP contribution < -0.4 is 0 Å². The summed E-state index contributed by atoms with van der Waals surface area (Å²) in [5.41, 5.74) is 1.82. The molecule has 1 fully saturated rings. The molecule has 1 aromatic carbocycles. The highest BCUT2D eigenvalue weighted by Crippen LogP contribution is 2.26. The van der Waals surface area contributed by atoms with Crippen LogP contribution in [-0.4, -0.2) is 34.6 Å². The lowest BCUT2D eigenvalue weighted by molar-refractivity contribution is 0.404. The van der Waals surface area contributed by atoms with Crippen LogP contribution in [0.15, 0.2) is 39.8 Å². The summed E-state index contributed by atoms with van der Waals surface area (Å²) < 4.78 is 5.43. The quantitative estimate of drug-likeness (QED) is 0.616. The number of aromatic nitrogens is 1. The number of amidine groups is 1. The molecule has 0 atom stereocenters. The Morgan fingerprint density at radius 1 is 1.45 bits per heavy atom. The first kappa shape index (κ1) is 15.4. The SMILES string of the molecule is CS/C(=N/C1CC1)N(C)Cc1cc(-c2cccc(Cl)c2)on1. The third kappa shape index (κ3) is 3.84. The van der Waals surface area contributed by atoms with Gasteiger partial charge in [-0.3, -0.25) is 4.99 Å². The monoisotopic (exact) mass is 335 g/mol. The van der Waals surface area contributed by atoms with E-state index in [0.29, 0.717) is 17.6 Å². The Hall–Kier alpha value is -1.46. The summed E-state index contributed by atoms with van der Waals surface area (Å²) in [5, 5.41) is 5.89. The fraction of sp³-hybridized carbons (Fsp3) is 0.375. The highest BCUT2D eigenvalue weighted by Gasteiger charge is 2.22. The fourth-order valence-electron chi connectivity index (χ4n) is 2.14. The Morgan fingerprint density at radius 2 is 2.27 bits per heavy atom. The van der Waals surface area contributed by atoms with Crippen molar-refractivity contribution in [3.05, 3.63) is 41.0 Å². The molecule has 0 amide bonds. The molecule has 1 aliphatic rings. The molecule has 4 nitrogen and oxygen atoms in total. The van der Waals surface area contributed by atoms with E-state index in [9.17, 15) is 0 Å². The van der Waals surface area contributed by atoms with Gasteiger partial charge in [-0.25, -0.2) is 0 Å². The lowest BCUT2D eigenvalue weighted by Gasteiger charge is -2.18. The Kier molecular flexibility index (Phi) is 4.74. The van der Waals surface area contributed by atoms with Gasteiger partial charge in [-0.1, -0.05) is 40.7 Å². The van der Waals surface area contributed by atoms with Gasteiger partial charge >= 0.3 is 0 Å². The largest absolute Gasteiger partial charge is 0.356 e. The van der Waals surface area contributed by atoms with E-state index < -0.39 is 0 Å². The van der Waals surface area contributed by atoms with E-state index in [1.54, 1.807) is 11.8 Å². The van der Waals surface area contributed by atoms with Gasteiger partial charge in [0.25, 0.3) is 0 Å². The third-order valence-corrected chi connectivity index (χ3v) is 4.43. The Labute approximate surface area is 139 Å². The Morgan fingerprint density at radius 3 is 2.95 bits per heavy atom. The average Bonchev–Trinajstić information content (AvgIpc) is 3.21. The molecule has 3 rings (SSSR count). The van der Waals surface area contributed by atoms with Crippen LogP contribution in [0.4, 0.5) is 0 Å². The normalized spacial score (nSPS) is 15.1. The van der Waals surface area contributed by atoms with E-state index in [1.165, 1.54) is 12.8 Å². The minimum Gasteiger partial charge on any atom is -0.356 e. The highest BCUT2D eigenvalue weighted by molar-refractivity contribution is 8.13. The molecule has 6 heteroatoms. The minimum atomic E-state index is 0.518. The summed E-state index contributed by atoms with van der Waals surface area (Å²) >= 11 is 7.68. The van der Waals surface area contributed by atoms with E-state index in [0.717, 1.165) is 22.2 Å². The zero-order valence-corrected chi connectivity index (χ0v) is 14.2. The molecule has 0 radical (unpaired) electrons. The van der Waals surface area contributed by atoms with Crippen molar-refractivity contribution in [2.45, 2.75) is 25.4 Å². The van der Waals surface area contributed by atoms with Crippen LogP contribution in [0.2, 0.25) is 5.02 Å². The topological polar surface area (TPSA) is 41.6 Å². The van der Waals surface area contributed by atoms with Gasteiger partial charge in [-0.05, 0) is 31.2 Å². The van der Waals surface area contributed by atoms with Gasteiger partial charge in [0, 0.05) is 23.7 Å². The number of rotatable bonds is 4. The molecule has 22 heavy (non-hydrogen) atoms. The van der Waals surface area contributed by atoms with Crippen LogP contribution in [0.1, 0.15) is 18.5 Å². The molecule has 0 aliphatic heterocycles. The van der Waals surface area contributed by atoms with Gasteiger partial charge in [-0.2, -0.15) is 0 Å². The molecule has 0 saturated heterocycles. The zero-order valence-electron chi connectivity index (χ0n) is 12.6. The van der Waals surface area contributed by atoms with Crippen LogP contribution in [0.3, 0.4) is 0 Å². The van der Waals surface area contributed by atoms with Gasteiger partial charge in [-0.15, -0.1) is 0 Å². The van der Waals surface area contributed by atoms with Crippen molar-refractivity contribution in [1.29, 1.82) is 0 Å². The summed E-state index contributed by atoms with van der Waals surface area (Å²) in [4.78, 5) is 6.82. The zero-order chi connectivity index (χ0) is 15.5. The lowest BCUT2D eigenvalue weighted by Crippen LogP contribution is -2.24. The smallest absolute Gasteiger partial charge is 0.167 e. The molecular weight excluding hydrogens is 318 g/mol. The maximum absolute atomic E-state index is 6.01. The second-order valence-electron chi connectivity index (χ2n) is 5.40. The molecule has 0 spiro atoms. The number of aliphatic imine (C=N–C) groups is 1. The van der Waals surface area contributed by atoms with Gasteiger partial charge in [0.1, 0.15) is 5.69 Å². The molecule has 2 aromatic rings. The number of hydrogen-bond donors (Lipinski definition) is 0. The number of halogens is 1. The van der Waals surface area contributed by atoms with Gasteiger partial charge in [0.05, 0.1) is 12.6 Å². The first-order valence-corrected chi connectivity index (χ1v) is 8.80. The highest BCUT2D eigenvalue weighted by atomic mass is 35.5. The minimum absolute atomic E-state index is 0.518. The molecule has 1 saturated carbocycles. The fourth-order valence-corrected chi connectivity index (χ4v) is 2.96. The van der Waals surface area contributed by atoms with Crippen molar-refractivity contribution < 1.29 is 4.52 Å². The molecule has 116 valence electrons. The standard InChI is InChI=1S/C16H18ClN3OS/c1-20(16(22-2)18-13-6-7-13)10-14-9-15(21-19-14)11-4-3-5-12(17)8-11/h3-5,8-9,13H,6-7,10H2,1-2H3/b18-16+. The predicted octanol–water partition coefficient (Wildman–Crippen LogP) is 4.31. The van der Waals surface area contributed by atoms with Crippen molar-refractivity contribution in [3.63, 3.8) is 0 Å². The molecule has 1 aromatic heterocycles. The lowest BCUT2D eigenvalue weighted by atomic mass is 10.1.